The van der Waals surface area contributed by atoms with Crippen molar-refractivity contribution in [3.05, 3.63) is 101 Å². The number of aryl methyl sites for hydroxylation is 1. The third-order valence-corrected chi connectivity index (χ3v) is 5.96. The lowest BCUT2D eigenvalue weighted by molar-refractivity contribution is 0.0935. The van der Waals surface area contributed by atoms with E-state index in [4.69, 9.17) is 16.3 Å². The van der Waals surface area contributed by atoms with Crippen molar-refractivity contribution < 1.29 is 9.53 Å². The molecule has 3 aromatic carbocycles. The number of carbonyl (C=O) groups is 1. The molecule has 0 bridgehead atoms. The summed E-state index contributed by atoms with van der Waals surface area (Å²) in [6.45, 7) is 2.01. The third-order valence-electron chi connectivity index (χ3n) is 4.40. The predicted octanol–water partition coefficient (Wildman–Crippen LogP) is 6.09. The highest BCUT2D eigenvalue weighted by molar-refractivity contribution is 8.01. The summed E-state index contributed by atoms with van der Waals surface area (Å²) in [7, 11) is 0. The molecule has 0 aromatic heterocycles. The number of Topliss-reactive ketones (excluding diaryl/α,β-unsaturated/α-hetero) is 1. The van der Waals surface area contributed by atoms with Gasteiger partial charge in [0.25, 0.3) is 0 Å². The van der Waals surface area contributed by atoms with Crippen molar-refractivity contribution in [2.45, 2.75) is 22.9 Å². The quantitative estimate of drug-likeness (QED) is 0.396. The summed E-state index contributed by atoms with van der Waals surface area (Å²) in [5, 5.41) is 0.671. The molecule has 130 valence electrons. The van der Waals surface area contributed by atoms with Crippen molar-refractivity contribution in [3.8, 4) is 0 Å². The van der Waals surface area contributed by atoms with Gasteiger partial charge >= 0.3 is 0 Å². The number of halogens is 1. The van der Waals surface area contributed by atoms with Gasteiger partial charge in [-0.3, -0.25) is 4.79 Å². The Hall–Kier alpha value is -2.07. The molecule has 0 amide bonds. The van der Waals surface area contributed by atoms with E-state index in [1.807, 2.05) is 85.8 Å². The highest BCUT2D eigenvalue weighted by Gasteiger charge is 2.64. The van der Waals surface area contributed by atoms with E-state index in [1.165, 1.54) is 11.8 Å². The number of ketones is 1. The zero-order valence-corrected chi connectivity index (χ0v) is 15.8. The first-order valence-electron chi connectivity index (χ1n) is 8.37. The maximum atomic E-state index is 13.3. The minimum Gasteiger partial charge on any atom is -0.341 e. The van der Waals surface area contributed by atoms with Gasteiger partial charge in [-0.15, -0.1) is 0 Å². The Labute approximate surface area is 162 Å². The average Bonchev–Trinajstić information content (AvgIpc) is 3.40. The molecule has 2 unspecified atom stereocenters. The molecule has 26 heavy (non-hydrogen) atoms. The smallest absolute Gasteiger partial charge is 0.212 e. The Morgan fingerprint density at radius 1 is 0.962 bits per heavy atom. The molecule has 1 heterocycles. The topological polar surface area (TPSA) is 29.6 Å². The van der Waals surface area contributed by atoms with Crippen LogP contribution in [-0.2, 0) is 4.74 Å². The molecule has 4 heteroatoms. The molecule has 2 nitrogen and oxygen atoms in total. The second-order valence-corrected chi connectivity index (χ2v) is 8.05. The van der Waals surface area contributed by atoms with Crippen LogP contribution in [0.4, 0.5) is 0 Å². The molecule has 0 aliphatic carbocycles. The number of rotatable bonds is 5. The summed E-state index contributed by atoms with van der Waals surface area (Å²) in [5.41, 5.74) is 2.79. The largest absolute Gasteiger partial charge is 0.341 e. The van der Waals surface area contributed by atoms with E-state index in [-0.39, 0.29) is 11.9 Å². The minimum absolute atomic E-state index is 0.00805. The van der Waals surface area contributed by atoms with Crippen LogP contribution in [0.1, 0.15) is 27.6 Å². The summed E-state index contributed by atoms with van der Waals surface area (Å²) in [4.78, 5) is 13.3. The number of carbonyl (C=O) groups excluding carboxylic acids is 1. The van der Waals surface area contributed by atoms with Gasteiger partial charge < -0.3 is 4.74 Å². The molecule has 0 radical (unpaired) electrons. The lowest BCUT2D eigenvalue weighted by Gasteiger charge is -2.13. The van der Waals surface area contributed by atoms with E-state index in [1.54, 1.807) is 0 Å². The van der Waals surface area contributed by atoms with Crippen LogP contribution in [-0.4, -0.2) is 10.7 Å². The van der Waals surface area contributed by atoms with Crippen molar-refractivity contribution in [3.63, 3.8) is 0 Å². The molecular weight excluding hydrogens is 364 g/mol. The third kappa shape index (κ3) is 3.30. The van der Waals surface area contributed by atoms with Crippen molar-refractivity contribution in [2.75, 3.05) is 0 Å². The Morgan fingerprint density at radius 2 is 1.62 bits per heavy atom. The first kappa shape index (κ1) is 17.3. The summed E-state index contributed by atoms with van der Waals surface area (Å²) in [6, 6.07) is 25.0. The van der Waals surface area contributed by atoms with Gasteiger partial charge in [-0.25, -0.2) is 0 Å². The van der Waals surface area contributed by atoms with Crippen LogP contribution in [0, 0.1) is 6.92 Å². The van der Waals surface area contributed by atoms with Crippen molar-refractivity contribution in [2.24, 2.45) is 0 Å². The van der Waals surface area contributed by atoms with Gasteiger partial charge in [0.2, 0.25) is 10.7 Å². The monoisotopic (exact) mass is 380 g/mol. The van der Waals surface area contributed by atoms with Crippen molar-refractivity contribution in [1.82, 2.24) is 0 Å². The SMILES string of the molecule is Cc1ccc(C(=O)C2(Sc3ccc(Cl)cc3)OC2c2ccccc2)cc1. The first-order chi connectivity index (χ1) is 12.6. The highest BCUT2D eigenvalue weighted by atomic mass is 35.5. The van der Waals surface area contributed by atoms with Gasteiger partial charge in [-0.1, -0.05) is 83.5 Å². The Bertz CT molecular complexity index is 923. The average molecular weight is 381 g/mol. The fourth-order valence-corrected chi connectivity index (χ4v) is 4.28. The number of epoxide rings is 1. The molecular formula is C22H17ClO2S. The lowest BCUT2D eigenvalue weighted by atomic mass is 10.0. The zero-order chi connectivity index (χ0) is 18.1. The van der Waals surface area contributed by atoms with Gasteiger partial charge in [-0.2, -0.15) is 0 Å². The summed E-state index contributed by atoms with van der Waals surface area (Å²) in [6.07, 6.45) is -0.266. The molecule has 1 aliphatic rings. The molecule has 2 atom stereocenters. The van der Waals surface area contributed by atoms with Crippen LogP contribution in [0.5, 0.6) is 0 Å². The molecule has 1 saturated heterocycles. The number of benzene rings is 3. The minimum atomic E-state index is -0.940. The van der Waals surface area contributed by atoms with Gasteiger partial charge in [0.1, 0.15) is 6.10 Å². The Morgan fingerprint density at radius 3 is 2.27 bits per heavy atom. The molecule has 0 spiro atoms. The van der Waals surface area contributed by atoms with Crippen LogP contribution < -0.4 is 0 Å². The van der Waals surface area contributed by atoms with Crippen molar-refractivity contribution in [1.29, 1.82) is 0 Å². The molecule has 1 fully saturated rings. The van der Waals surface area contributed by atoms with Gasteiger partial charge in [0, 0.05) is 15.5 Å². The number of hydrogen-bond acceptors (Lipinski definition) is 3. The zero-order valence-electron chi connectivity index (χ0n) is 14.2. The molecule has 3 aromatic rings. The van der Waals surface area contributed by atoms with Gasteiger partial charge in [-0.05, 0) is 36.8 Å². The second-order valence-electron chi connectivity index (χ2n) is 6.33. The number of thioether (sulfide) groups is 1. The second kappa shape index (κ2) is 6.92. The molecule has 1 aliphatic heterocycles. The van der Waals surface area contributed by atoms with E-state index in [0.29, 0.717) is 10.6 Å². The van der Waals surface area contributed by atoms with Crippen LogP contribution in [0.25, 0.3) is 0 Å². The Balaban J connectivity index is 1.69. The first-order valence-corrected chi connectivity index (χ1v) is 9.57. The lowest BCUT2D eigenvalue weighted by Crippen LogP contribution is -2.22. The summed E-state index contributed by atoms with van der Waals surface area (Å²) < 4.78 is 6.05. The molecule has 4 rings (SSSR count). The standard InChI is InChI=1S/C22H17ClO2S/c1-15-7-9-16(10-8-15)20(24)22(26-19-13-11-18(23)12-14-19)21(25-22)17-5-3-2-4-6-17/h2-14,21H,1H3. The van der Waals surface area contributed by atoms with Gasteiger partial charge in [0.15, 0.2) is 0 Å². The normalized spacial score (nSPS) is 21.4. The van der Waals surface area contributed by atoms with E-state index in [0.717, 1.165) is 16.0 Å². The van der Waals surface area contributed by atoms with Crippen LogP contribution in [0.3, 0.4) is 0 Å². The van der Waals surface area contributed by atoms with Crippen LogP contribution in [0.15, 0.2) is 83.8 Å². The maximum Gasteiger partial charge on any atom is 0.212 e. The summed E-state index contributed by atoms with van der Waals surface area (Å²) >= 11 is 7.43. The fourth-order valence-electron chi connectivity index (χ4n) is 2.94. The molecule has 0 N–H and O–H groups in total. The maximum absolute atomic E-state index is 13.3. The van der Waals surface area contributed by atoms with Gasteiger partial charge in [0.05, 0.1) is 0 Å². The van der Waals surface area contributed by atoms with E-state index < -0.39 is 4.93 Å². The fraction of sp³-hybridized carbons (Fsp3) is 0.136. The predicted molar refractivity (Wildman–Crippen MR) is 106 cm³/mol. The number of ether oxygens (including phenoxy) is 1. The summed E-state index contributed by atoms with van der Waals surface area (Å²) in [5.74, 6) is -0.00805. The van der Waals surface area contributed by atoms with Crippen molar-refractivity contribution >= 4 is 29.1 Å². The molecule has 0 saturated carbocycles. The van der Waals surface area contributed by atoms with Crippen LogP contribution >= 0.6 is 23.4 Å². The highest BCUT2D eigenvalue weighted by Crippen LogP contribution is 2.60. The Kier molecular flexibility index (Phi) is 4.62. The number of hydrogen-bond donors (Lipinski definition) is 0. The van der Waals surface area contributed by atoms with E-state index >= 15 is 0 Å². The van der Waals surface area contributed by atoms with E-state index in [2.05, 4.69) is 0 Å². The van der Waals surface area contributed by atoms with Crippen LogP contribution in [0.2, 0.25) is 5.02 Å². The van der Waals surface area contributed by atoms with E-state index in [9.17, 15) is 4.79 Å².